The number of fused-ring (bicyclic) bond motifs is 2. The van der Waals surface area contributed by atoms with Gasteiger partial charge in [-0.3, -0.25) is 4.79 Å². The van der Waals surface area contributed by atoms with Crippen molar-refractivity contribution in [3.63, 3.8) is 0 Å². The lowest BCUT2D eigenvalue weighted by Crippen LogP contribution is -2.08. The molecule has 0 saturated heterocycles. The quantitative estimate of drug-likeness (QED) is 0.183. The van der Waals surface area contributed by atoms with Gasteiger partial charge in [0.15, 0.2) is 17.1 Å². The Kier molecular flexibility index (Phi) is 5.26. The molecule has 0 atom stereocenters. The van der Waals surface area contributed by atoms with Crippen molar-refractivity contribution in [2.75, 3.05) is 7.11 Å². The molecule has 0 fully saturated rings. The summed E-state index contributed by atoms with van der Waals surface area (Å²) in [6, 6.07) is 17.7. The van der Waals surface area contributed by atoms with Crippen molar-refractivity contribution in [1.82, 2.24) is 0 Å². The standard InChI is InChI=1S/C26H17BrO6/c1-14-19(33-26(29)22-13-16-7-5-9-20(30-2)25(16)32-22)11-10-17-23(28)21(31-24(14)17)12-15-6-3-4-8-18(15)27/h3-13H,1-2H3/b21-12-. The monoisotopic (exact) mass is 504 g/mol. The normalized spacial score (nSPS) is 13.8. The molecule has 0 N–H and O–H groups in total. The number of halogens is 1. The molecule has 0 saturated carbocycles. The van der Waals surface area contributed by atoms with Crippen molar-refractivity contribution < 1.29 is 28.2 Å². The van der Waals surface area contributed by atoms with Crippen LogP contribution in [-0.2, 0) is 0 Å². The predicted octanol–water partition coefficient (Wildman–Crippen LogP) is 6.35. The van der Waals surface area contributed by atoms with E-state index in [0.717, 1.165) is 15.4 Å². The molecule has 7 heteroatoms. The van der Waals surface area contributed by atoms with Gasteiger partial charge < -0.3 is 18.6 Å². The van der Waals surface area contributed by atoms with Gasteiger partial charge in [0.25, 0.3) is 0 Å². The minimum atomic E-state index is -0.662. The molecule has 5 rings (SSSR count). The van der Waals surface area contributed by atoms with E-state index in [4.69, 9.17) is 18.6 Å². The zero-order chi connectivity index (χ0) is 23.1. The van der Waals surface area contributed by atoms with Gasteiger partial charge >= 0.3 is 5.97 Å². The second-order valence-electron chi connectivity index (χ2n) is 7.41. The Balaban J connectivity index is 1.43. The molecule has 2 heterocycles. The van der Waals surface area contributed by atoms with Crippen molar-refractivity contribution in [3.8, 4) is 17.2 Å². The number of ketones is 1. The SMILES string of the molecule is COc1cccc2cc(C(=O)Oc3ccc4c(c3C)O/C(=C\c3ccccc3Br)C4=O)oc12. The highest BCUT2D eigenvalue weighted by molar-refractivity contribution is 9.10. The number of ether oxygens (including phenoxy) is 3. The van der Waals surface area contributed by atoms with Gasteiger partial charge in [-0.25, -0.2) is 4.79 Å². The lowest BCUT2D eigenvalue weighted by Gasteiger charge is -2.09. The van der Waals surface area contributed by atoms with Crippen LogP contribution in [0, 0.1) is 6.92 Å². The molecule has 1 aromatic heterocycles. The van der Waals surface area contributed by atoms with E-state index in [1.165, 1.54) is 7.11 Å². The fraction of sp³-hybridized carbons (Fsp3) is 0.0769. The van der Waals surface area contributed by atoms with E-state index in [-0.39, 0.29) is 23.1 Å². The Hall–Kier alpha value is -3.84. The second-order valence-corrected chi connectivity index (χ2v) is 8.26. The topological polar surface area (TPSA) is 75.0 Å². The van der Waals surface area contributed by atoms with Crippen LogP contribution in [-0.4, -0.2) is 18.9 Å². The van der Waals surface area contributed by atoms with E-state index in [9.17, 15) is 9.59 Å². The molecule has 0 bridgehead atoms. The Morgan fingerprint density at radius 2 is 1.85 bits per heavy atom. The van der Waals surface area contributed by atoms with Gasteiger partial charge in [0.05, 0.1) is 12.7 Å². The first kappa shape index (κ1) is 21.0. The van der Waals surface area contributed by atoms with E-state index in [1.54, 1.807) is 37.3 Å². The van der Waals surface area contributed by atoms with Crippen molar-refractivity contribution in [3.05, 3.63) is 93.3 Å². The number of allylic oxidation sites excluding steroid dienone is 1. The first-order chi connectivity index (χ1) is 16.0. The summed E-state index contributed by atoms with van der Waals surface area (Å²) in [5.74, 6) is 0.525. The van der Waals surface area contributed by atoms with E-state index >= 15 is 0 Å². The van der Waals surface area contributed by atoms with Crippen LogP contribution in [0.15, 0.2) is 75.3 Å². The molecule has 4 aromatic rings. The molecule has 164 valence electrons. The summed E-state index contributed by atoms with van der Waals surface area (Å²) in [5.41, 5.74) is 2.24. The van der Waals surface area contributed by atoms with Gasteiger partial charge in [0.2, 0.25) is 11.5 Å². The van der Waals surface area contributed by atoms with E-state index in [1.807, 2.05) is 36.4 Å². The Morgan fingerprint density at radius 3 is 2.64 bits per heavy atom. The third-order valence-electron chi connectivity index (χ3n) is 5.36. The number of rotatable bonds is 4. The third kappa shape index (κ3) is 3.70. The summed E-state index contributed by atoms with van der Waals surface area (Å²) < 4.78 is 23.2. The van der Waals surface area contributed by atoms with E-state index < -0.39 is 5.97 Å². The molecule has 33 heavy (non-hydrogen) atoms. The highest BCUT2D eigenvalue weighted by atomic mass is 79.9. The van der Waals surface area contributed by atoms with Crippen LogP contribution in [0.5, 0.6) is 17.2 Å². The van der Waals surface area contributed by atoms with Crippen LogP contribution in [0.2, 0.25) is 0 Å². The lowest BCUT2D eigenvalue weighted by molar-refractivity contribution is 0.0702. The number of benzene rings is 3. The van der Waals surface area contributed by atoms with Gasteiger partial charge in [-0.1, -0.05) is 46.3 Å². The minimum absolute atomic E-state index is 0.0425. The summed E-state index contributed by atoms with van der Waals surface area (Å²) in [6.07, 6.45) is 1.68. The van der Waals surface area contributed by atoms with Crippen LogP contribution in [0.4, 0.5) is 0 Å². The highest BCUT2D eigenvalue weighted by Crippen LogP contribution is 2.40. The maximum absolute atomic E-state index is 12.8. The van der Waals surface area contributed by atoms with Crippen LogP contribution >= 0.6 is 15.9 Å². The Bertz CT molecular complexity index is 1460. The minimum Gasteiger partial charge on any atom is -0.493 e. The molecule has 1 aliphatic heterocycles. The number of hydrogen-bond donors (Lipinski definition) is 0. The summed E-state index contributed by atoms with van der Waals surface area (Å²) in [7, 11) is 1.53. The molecule has 0 spiro atoms. The Morgan fingerprint density at radius 1 is 1.03 bits per heavy atom. The third-order valence-corrected chi connectivity index (χ3v) is 6.08. The first-order valence-corrected chi connectivity index (χ1v) is 10.9. The number of Topliss-reactive ketones (excluding diaryl/α,β-unsaturated/α-hetero) is 1. The zero-order valence-corrected chi connectivity index (χ0v) is 19.3. The molecular weight excluding hydrogens is 488 g/mol. The fourth-order valence-corrected chi connectivity index (χ4v) is 4.06. The maximum Gasteiger partial charge on any atom is 0.379 e. The highest BCUT2D eigenvalue weighted by Gasteiger charge is 2.31. The van der Waals surface area contributed by atoms with Crippen molar-refractivity contribution in [2.24, 2.45) is 0 Å². The molecule has 3 aromatic carbocycles. The first-order valence-electron chi connectivity index (χ1n) is 10.1. The largest absolute Gasteiger partial charge is 0.493 e. The molecule has 0 aliphatic carbocycles. The van der Waals surface area contributed by atoms with Crippen LogP contribution in [0.25, 0.3) is 17.0 Å². The van der Waals surface area contributed by atoms with Crippen molar-refractivity contribution in [1.29, 1.82) is 0 Å². The zero-order valence-electron chi connectivity index (χ0n) is 17.7. The smallest absolute Gasteiger partial charge is 0.379 e. The number of hydrogen-bond acceptors (Lipinski definition) is 6. The lowest BCUT2D eigenvalue weighted by atomic mass is 10.1. The van der Waals surface area contributed by atoms with Gasteiger partial charge in [-0.2, -0.15) is 0 Å². The predicted molar refractivity (Wildman–Crippen MR) is 126 cm³/mol. The molecule has 0 unspecified atom stereocenters. The van der Waals surface area contributed by atoms with Gasteiger partial charge in [-0.05, 0) is 48.9 Å². The van der Waals surface area contributed by atoms with E-state index in [0.29, 0.717) is 28.2 Å². The van der Waals surface area contributed by atoms with Gasteiger partial charge in [0, 0.05) is 15.4 Å². The number of esters is 1. The van der Waals surface area contributed by atoms with Crippen molar-refractivity contribution in [2.45, 2.75) is 6.92 Å². The number of para-hydroxylation sites is 1. The Labute approximate surface area is 197 Å². The van der Waals surface area contributed by atoms with Gasteiger partial charge in [0.1, 0.15) is 11.5 Å². The van der Waals surface area contributed by atoms with Crippen molar-refractivity contribution >= 4 is 44.7 Å². The molecular formula is C26H17BrO6. The van der Waals surface area contributed by atoms with Crippen LogP contribution < -0.4 is 14.2 Å². The summed E-state index contributed by atoms with van der Waals surface area (Å²) in [4.78, 5) is 25.6. The molecule has 1 aliphatic rings. The number of carbonyl (C=O) groups excluding carboxylic acids is 2. The average molecular weight is 505 g/mol. The van der Waals surface area contributed by atoms with Gasteiger partial charge in [-0.15, -0.1) is 0 Å². The van der Waals surface area contributed by atoms with Crippen LogP contribution in [0.1, 0.15) is 32.0 Å². The summed E-state index contributed by atoms with van der Waals surface area (Å²) in [6.45, 7) is 1.73. The maximum atomic E-state index is 12.8. The molecule has 6 nitrogen and oxygen atoms in total. The van der Waals surface area contributed by atoms with E-state index in [2.05, 4.69) is 15.9 Å². The number of furan rings is 1. The summed E-state index contributed by atoms with van der Waals surface area (Å²) >= 11 is 3.47. The number of methoxy groups -OCH3 is 1. The second kappa shape index (κ2) is 8.26. The fourth-order valence-electron chi connectivity index (χ4n) is 3.66. The molecule has 0 radical (unpaired) electrons. The summed E-state index contributed by atoms with van der Waals surface area (Å²) in [5, 5.41) is 0.725. The molecule has 0 amide bonds. The average Bonchev–Trinajstić information content (AvgIpc) is 3.39. The number of carbonyl (C=O) groups is 2. The van der Waals surface area contributed by atoms with Crippen LogP contribution in [0.3, 0.4) is 0 Å².